The molecule has 1 aromatic rings. The van der Waals surface area contributed by atoms with Crippen molar-refractivity contribution in [2.75, 3.05) is 13.6 Å². The molecule has 0 aromatic heterocycles. The first kappa shape index (κ1) is 12.6. The molecule has 88 valence electrons. The molecule has 0 aliphatic heterocycles. The third kappa shape index (κ3) is 4.89. The Morgan fingerprint density at radius 2 is 2.00 bits per heavy atom. The molecule has 0 saturated heterocycles. The van der Waals surface area contributed by atoms with E-state index in [1.807, 2.05) is 7.05 Å². The van der Waals surface area contributed by atoms with E-state index in [-0.39, 0.29) is 12.2 Å². The van der Waals surface area contributed by atoms with Gasteiger partial charge in [0.15, 0.2) is 0 Å². The number of carbonyl (C=O) groups excluding carboxylic acids is 1. The normalized spacial score (nSPS) is 12.4. The number of hydrogen-bond donors (Lipinski definition) is 1. The Balaban J connectivity index is 2.31. The molecule has 0 bridgehead atoms. The molecule has 0 heterocycles. The van der Waals surface area contributed by atoms with Crippen LogP contribution in [0.15, 0.2) is 24.3 Å². The molecule has 0 radical (unpaired) electrons. The van der Waals surface area contributed by atoms with Gasteiger partial charge in [-0.2, -0.15) is 0 Å². The van der Waals surface area contributed by atoms with Gasteiger partial charge in [0, 0.05) is 18.0 Å². The van der Waals surface area contributed by atoms with Crippen LogP contribution < -0.4 is 10.0 Å². The molecule has 1 N–H and O–H groups in total. The van der Waals surface area contributed by atoms with Crippen LogP contribution in [0.25, 0.3) is 0 Å². The second-order valence-electron chi connectivity index (χ2n) is 3.99. The highest BCUT2D eigenvalue weighted by Crippen LogP contribution is 2.00. The molecule has 16 heavy (non-hydrogen) atoms. The van der Waals surface area contributed by atoms with E-state index in [1.165, 1.54) is 17.0 Å². The van der Waals surface area contributed by atoms with Gasteiger partial charge in [0.2, 0.25) is 0 Å². The minimum Gasteiger partial charge on any atom is -0.550 e. The Morgan fingerprint density at radius 1 is 1.38 bits per heavy atom. The summed E-state index contributed by atoms with van der Waals surface area (Å²) in [6.07, 6.45) is 0.704. The minimum atomic E-state index is -1.01. The molecule has 0 spiro atoms. The van der Waals surface area contributed by atoms with Crippen molar-refractivity contribution in [1.29, 1.82) is 0 Å². The largest absolute Gasteiger partial charge is 0.550 e. The Bertz CT molecular complexity index is 337. The lowest BCUT2D eigenvalue weighted by molar-refractivity contribution is -0.893. The highest BCUT2D eigenvalue weighted by molar-refractivity contribution is 5.64. The number of aliphatic carboxylic acids is 1. The van der Waals surface area contributed by atoms with E-state index in [2.05, 4.69) is 0 Å². The number of nitrogens with one attached hydrogen (secondary N) is 1. The van der Waals surface area contributed by atoms with Crippen LogP contribution in [0, 0.1) is 5.82 Å². The van der Waals surface area contributed by atoms with Gasteiger partial charge in [0.05, 0.1) is 13.6 Å². The Kier molecular flexibility index (Phi) is 4.92. The summed E-state index contributed by atoms with van der Waals surface area (Å²) in [5.41, 5.74) is 1.05. The van der Waals surface area contributed by atoms with Crippen molar-refractivity contribution in [2.45, 2.75) is 19.4 Å². The van der Waals surface area contributed by atoms with Gasteiger partial charge in [0.1, 0.15) is 12.4 Å². The van der Waals surface area contributed by atoms with Gasteiger partial charge in [-0.05, 0) is 18.6 Å². The molecule has 1 rings (SSSR count). The van der Waals surface area contributed by atoms with Gasteiger partial charge in [-0.1, -0.05) is 12.1 Å². The number of hydrogen-bond acceptors (Lipinski definition) is 2. The third-order valence-electron chi connectivity index (χ3n) is 2.40. The molecule has 0 amide bonds. The monoisotopic (exact) mass is 225 g/mol. The van der Waals surface area contributed by atoms with Gasteiger partial charge in [0.25, 0.3) is 0 Å². The molecule has 3 nitrogen and oxygen atoms in total. The smallest absolute Gasteiger partial charge is 0.123 e. The van der Waals surface area contributed by atoms with Crippen molar-refractivity contribution >= 4 is 5.97 Å². The van der Waals surface area contributed by atoms with Crippen LogP contribution in [0.1, 0.15) is 18.4 Å². The molecule has 0 fully saturated rings. The summed E-state index contributed by atoms with van der Waals surface area (Å²) >= 11 is 0. The first-order chi connectivity index (χ1) is 7.58. The molecule has 0 saturated carbocycles. The average Bonchev–Trinajstić information content (AvgIpc) is 2.21. The summed E-state index contributed by atoms with van der Waals surface area (Å²) in [6.45, 7) is 1.54. The topological polar surface area (TPSA) is 44.6 Å². The number of rotatable bonds is 6. The van der Waals surface area contributed by atoms with Gasteiger partial charge in [-0.3, -0.25) is 0 Å². The quantitative estimate of drug-likeness (QED) is 0.700. The summed E-state index contributed by atoms with van der Waals surface area (Å²) in [6, 6.07) is 6.36. The number of carboxylic acids is 1. The van der Waals surface area contributed by atoms with Crippen LogP contribution in [0.5, 0.6) is 0 Å². The summed E-state index contributed by atoms with van der Waals surface area (Å²) < 4.78 is 12.6. The molecule has 4 heteroatoms. The summed E-state index contributed by atoms with van der Waals surface area (Å²) in [5, 5.41) is 10.2. The second kappa shape index (κ2) is 6.23. The number of quaternary nitrogens is 1. The predicted octanol–water partition coefficient (Wildman–Crippen LogP) is -0.629. The number of carboxylic acid groups (broad SMARTS) is 1. The van der Waals surface area contributed by atoms with E-state index < -0.39 is 5.97 Å². The maximum atomic E-state index is 12.6. The maximum absolute atomic E-state index is 12.6. The fourth-order valence-corrected chi connectivity index (χ4v) is 1.57. The average molecular weight is 225 g/mol. The Hall–Kier alpha value is -1.42. The zero-order chi connectivity index (χ0) is 12.0. The summed E-state index contributed by atoms with van der Waals surface area (Å²) in [4.78, 5) is 11.4. The van der Waals surface area contributed by atoms with Crippen molar-refractivity contribution in [1.82, 2.24) is 0 Å². The Morgan fingerprint density at radius 3 is 2.56 bits per heavy atom. The van der Waals surface area contributed by atoms with Crippen molar-refractivity contribution < 1.29 is 19.2 Å². The fourth-order valence-electron chi connectivity index (χ4n) is 1.57. The first-order valence-corrected chi connectivity index (χ1v) is 5.33. The zero-order valence-electron chi connectivity index (χ0n) is 9.33. The van der Waals surface area contributed by atoms with Gasteiger partial charge >= 0.3 is 0 Å². The van der Waals surface area contributed by atoms with Gasteiger partial charge in [-0.25, -0.2) is 4.39 Å². The fraction of sp³-hybridized carbons (Fsp3) is 0.417. The molecular weight excluding hydrogens is 209 g/mol. The molecular formula is C12H16FNO2. The predicted molar refractivity (Wildman–Crippen MR) is 56.1 cm³/mol. The highest BCUT2D eigenvalue weighted by Gasteiger charge is 2.03. The van der Waals surface area contributed by atoms with Crippen LogP contribution in [0.2, 0.25) is 0 Å². The van der Waals surface area contributed by atoms with Gasteiger partial charge < -0.3 is 14.8 Å². The standard InChI is InChI=1S/C12H16FNO2/c1-14(8-2-3-12(15)16)9-10-4-6-11(13)7-5-10/h4-7H,2-3,8-9H2,1H3,(H,15,16). The third-order valence-corrected chi connectivity index (χ3v) is 2.40. The molecule has 1 unspecified atom stereocenters. The minimum absolute atomic E-state index is 0.0980. The molecule has 1 aromatic carbocycles. The lowest BCUT2D eigenvalue weighted by Gasteiger charge is -2.14. The van der Waals surface area contributed by atoms with Crippen molar-refractivity contribution in [3.63, 3.8) is 0 Å². The van der Waals surface area contributed by atoms with Crippen molar-refractivity contribution in [2.24, 2.45) is 0 Å². The Labute approximate surface area is 94.5 Å². The number of carbonyl (C=O) groups is 1. The van der Waals surface area contributed by atoms with Crippen LogP contribution in [-0.4, -0.2) is 19.6 Å². The van der Waals surface area contributed by atoms with E-state index in [9.17, 15) is 14.3 Å². The van der Waals surface area contributed by atoms with Crippen molar-refractivity contribution in [3.05, 3.63) is 35.6 Å². The second-order valence-corrected chi connectivity index (χ2v) is 3.99. The number of halogens is 1. The SMILES string of the molecule is C[NH+](CCCC(=O)[O-])Cc1ccc(F)cc1. The van der Waals surface area contributed by atoms with Crippen LogP contribution in [0.4, 0.5) is 4.39 Å². The van der Waals surface area contributed by atoms with Crippen molar-refractivity contribution in [3.8, 4) is 0 Å². The molecule has 1 atom stereocenters. The van der Waals surface area contributed by atoms with E-state index >= 15 is 0 Å². The number of benzene rings is 1. The van der Waals surface area contributed by atoms with E-state index in [0.717, 1.165) is 18.7 Å². The van der Waals surface area contributed by atoms with Gasteiger partial charge in [-0.15, -0.1) is 0 Å². The first-order valence-electron chi connectivity index (χ1n) is 5.33. The molecule has 0 aliphatic rings. The maximum Gasteiger partial charge on any atom is 0.123 e. The van der Waals surface area contributed by atoms with Crippen LogP contribution in [0.3, 0.4) is 0 Å². The highest BCUT2D eigenvalue weighted by atomic mass is 19.1. The zero-order valence-corrected chi connectivity index (χ0v) is 9.33. The van der Waals surface area contributed by atoms with E-state index in [0.29, 0.717) is 6.42 Å². The van der Waals surface area contributed by atoms with Crippen LogP contribution >= 0.6 is 0 Å². The lowest BCUT2D eigenvalue weighted by atomic mass is 10.2. The lowest BCUT2D eigenvalue weighted by Crippen LogP contribution is -3.07. The van der Waals surface area contributed by atoms with Crippen LogP contribution in [-0.2, 0) is 11.3 Å². The van der Waals surface area contributed by atoms with E-state index in [1.54, 1.807) is 12.1 Å². The molecule has 0 aliphatic carbocycles. The van der Waals surface area contributed by atoms with E-state index in [4.69, 9.17) is 0 Å². The summed E-state index contributed by atoms with van der Waals surface area (Å²) in [5.74, 6) is -1.24. The summed E-state index contributed by atoms with van der Waals surface area (Å²) in [7, 11) is 1.98.